The SMILES string of the molecule is CCCS(=O)(=O)Nc1ccc(F)c(C(=O)c2c[nH]c3ncc(-c4cnc(OC)nc4)cc23)c1F.NC(N)=NCCC[C@H](N)C(=O)O. The fourth-order valence-electron chi connectivity index (χ4n) is 4.02. The number of halogens is 2. The Morgan fingerprint density at radius 1 is 1.13 bits per heavy atom. The summed E-state index contributed by atoms with van der Waals surface area (Å²) in [6.07, 6.45) is 7.09. The lowest BCUT2D eigenvalue weighted by atomic mass is 10.0. The molecule has 9 N–H and O–H groups in total. The number of pyridine rings is 1. The zero-order valence-corrected chi connectivity index (χ0v) is 25.6. The van der Waals surface area contributed by atoms with E-state index in [1.807, 2.05) is 0 Å². The van der Waals surface area contributed by atoms with Crippen molar-refractivity contribution in [1.82, 2.24) is 19.9 Å². The van der Waals surface area contributed by atoms with E-state index in [1.165, 1.54) is 31.9 Å². The number of aliphatic imine (C=N–C) groups is 1. The molecule has 0 aliphatic rings. The number of rotatable bonds is 13. The molecule has 0 saturated carbocycles. The molecule has 0 fully saturated rings. The van der Waals surface area contributed by atoms with E-state index in [2.05, 4.69) is 29.7 Å². The lowest BCUT2D eigenvalue weighted by Gasteiger charge is -2.11. The zero-order chi connectivity index (χ0) is 34.0. The molecule has 15 nitrogen and oxygen atoms in total. The highest BCUT2D eigenvalue weighted by Gasteiger charge is 2.26. The number of carboxylic acid groups (broad SMARTS) is 1. The molecule has 0 amide bonds. The average Bonchev–Trinajstić information content (AvgIpc) is 3.44. The van der Waals surface area contributed by atoms with Crippen LogP contribution in [0.4, 0.5) is 14.5 Å². The minimum absolute atomic E-state index is 0.0129. The summed E-state index contributed by atoms with van der Waals surface area (Å²) in [7, 11) is -2.42. The number of hydrogen-bond acceptors (Lipinski definition) is 10. The topological polar surface area (TPSA) is 255 Å². The summed E-state index contributed by atoms with van der Waals surface area (Å²) in [5.41, 5.74) is 15.4. The van der Waals surface area contributed by atoms with Crippen molar-refractivity contribution in [2.45, 2.75) is 32.2 Å². The third-order valence-corrected chi connectivity index (χ3v) is 7.74. The molecule has 0 aliphatic carbocycles. The van der Waals surface area contributed by atoms with Gasteiger partial charge in [-0.1, -0.05) is 6.92 Å². The van der Waals surface area contributed by atoms with E-state index in [-0.39, 0.29) is 23.3 Å². The molecule has 1 atom stereocenters. The van der Waals surface area contributed by atoms with Crippen LogP contribution in [-0.4, -0.2) is 76.6 Å². The van der Waals surface area contributed by atoms with E-state index in [0.717, 1.165) is 12.1 Å². The van der Waals surface area contributed by atoms with Crippen LogP contribution in [0.2, 0.25) is 0 Å². The van der Waals surface area contributed by atoms with Crippen molar-refractivity contribution < 1.29 is 36.6 Å². The number of carboxylic acids is 1. The van der Waals surface area contributed by atoms with Crippen molar-refractivity contribution in [3.8, 4) is 17.1 Å². The number of anilines is 1. The third-order valence-electron chi connectivity index (χ3n) is 6.26. The van der Waals surface area contributed by atoms with E-state index in [9.17, 15) is 22.4 Å². The number of nitrogens with two attached hydrogens (primary N) is 3. The van der Waals surface area contributed by atoms with Crippen LogP contribution in [0.3, 0.4) is 0 Å². The molecule has 0 bridgehead atoms. The maximum Gasteiger partial charge on any atom is 0.320 e. The Labute approximate surface area is 262 Å². The number of aromatic nitrogens is 4. The first-order valence-corrected chi connectivity index (χ1v) is 15.3. The molecule has 3 heterocycles. The van der Waals surface area contributed by atoms with Gasteiger partial charge in [0.25, 0.3) is 0 Å². The number of benzene rings is 1. The number of carbonyl (C=O) groups is 2. The maximum absolute atomic E-state index is 15.1. The van der Waals surface area contributed by atoms with Crippen molar-refractivity contribution in [3.05, 3.63) is 65.7 Å². The highest BCUT2D eigenvalue weighted by Crippen LogP contribution is 2.29. The van der Waals surface area contributed by atoms with Crippen molar-refractivity contribution in [3.63, 3.8) is 0 Å². The number of nitrogens with one attached hydrogen (secondary N) is 2. The van der Waals surface area contributed by atoms with Crippen molar-refractivity contribution in [2.75, 3.05) is 24.1 Å². The average molecular weight is 662 g/mol. The van der Waals surface area contributed by atoms with Crippen LogP contribution in [-0.2, 0) is 14.8 Å². The number of carbonyl (C=O) groups excluding carboxylic acids is 1. The Kier molecular flexibility index (Phi) is 12.0. The van der Waals surface area contributed by atoms with Gasteiger partial charge in [0.1, 0.15) is 17.5 Å². The van der Waals surface area contributed by atoms with Crippen LogP contribution in [0.5, 0.6) is 6.01 Å². The molecule has 0 saturated heterocycles. The smallest absolute Gasteiger partial charge is 0.320 e. The quantitative estimate of drug-likeness (QED) is 0.0521. The number of sulfonamides is 1. The van der Waals surface area contributed by atoms with Gasteiger partial charge >= 0.3 is 12.0 Å². The summed E-state index contributed by atoms with van der Waals surface area (Å²) in [5, 5.41) is 8.69. The lowest BCUT2D eigenvalue weighted by Crippen LogP contribution is -2.30. The molecule has 3 aromatic heterocycles. The fourth-order valence-corrected chi connectivity index (χ4v) is 5.16. The predicted molar refractivity (Wildman–Crippen MR) is 167 cm³/mol. The largest absolute Gasteiger partial charge is 0.480 e. The van der Waals surface area contributed by atoms with Crippen LogP contribution < -0.4 is 26.7 Å². The first kappa shape index (κ1) is 35.3. The van der Waals surface area contributed by atoms with Crippen LogP contribution in [0.15, 0.2) is 48.0 Å². The number of hydrogen-bond donors (Lipinski definition) is 6. The van der Waals surface area contributed by atoms with Crippen LogP contribution in [0.25, 0.3) is 22.2 Å². The second kappa shape index (κ2) is 15.7. The molecule has 4 rings (SSSR count). The van der Waals surface area contributed by atoms with Gasteiger partial charge in [0.2, 0.25) is 15.8 Å². The Morgan fingerprint density at radius 2 is 1.80 bits per heavy atom. The van der Waals surface area contributed by atoms with Gasteiger partial charge < -0.3 is 32.0 Å². The number of nitrogens with zero attached hydrogens (tertiary/aromatic N) is 4. The summed E-state index contributed by atoms with van der Waals surface area (Å²) < 4.78 is 60.8. The minimum atomic E-state index is -3.85. The zero-order valence-electron chi connectivity index (χ0n) is 24.8. The molecule has 18 heteroatoms. The van der Waals surface area contributed by atoms with E-state index >= 15 is 4.39 Å². The van der Waals surface area contributed by atoms with Crippen molar-refractivity contribution in [2.24, 2.45) is 22.2 Å². The van der Waals surface area contributed by atoms with Crippen LogP contribution in [0.1, 0.15) is 42.1 Å². The van der Waals surface area contributed by atoms with Crippen LogP contribution in [0, 0.1) is 11.6 Å². The molecular weight excluding hydrogens is 628 g/mol. The first-order valence-electron chi connectivity index (χ1n) is 13.7. The van der Waals surface area contributed by atoms with E-state index in [4.69, 9.17) is 27.0 Å². The molecule has 1 aromatic carbocycles. The van der Waals surface area contributed by atoms with Gasteiger partial charge in [0.15, 0.2) is 11.8 Å². The number of aromatic amines is 1. The van der Waals surface area contributed by atoms with Crippen molar-refractivity contribution >= 4 is 44.5 Å². The summed E-state index contributed by atoms with van der Waals surface area (Å²) in [4.78, 5) is 42.2. The molecule has 46 heavy (non-hydrogen) atoms. The second-order valence-electron chi connectivity index (χ2n) is 9.71. The van der Waals surface area contributed by atoms with E-state index < -0.39 is 50.7 Å². The Bertz CT molecular complexity index is 1830. The highest BCUT2D eigenvalue weighted by molar-refractivity contribution is 7.92. The number of ether oxygens (including phenoxy) is 1. The second-order valence-corrected chi connectivity index (χ2v) is 11.6. The van der Waals surface area contributed by atoms with Gasteiger partial charge in [-0.25, -0.2) is 32.2 Å². The molecule has 0 unspecified atom stereocenters. The summed E-state index contributed by atoms with van der Waals surface area (Å²) in [6.45, 7) is 2.07. The summed E-state index contributed by atoms with van der Waals surface area (Å²) in [6, 6.07) is 2.75. The number of methoxy groups -OCH3 is 1. The highest BCUT2D eigenvalue weighted by atomic mass is 32.2. The molecule has 4 aromatic rings. The number of ketones is 1. The Balaban J connectivity index is 0.000000409. The predicted octanol–water partition coefficient (Wildman–Crippen LogP) is 2.14. The first-order chi connectivity index (χ1) is 21.8. The van der Waals surface area contributed by atoms with Gasteiger partial charge in [0, 0.05) is 53.4 Å². The molecular formula is C28H33F2N9O6S. The van der Waals surface area contributed by atoms with Gasteiger partial charge in [-0.2, -0.15) is 0 Å². The maximum atomic E-state index is 15.1. The molecule has 0 aliphatic heterocycles. The van der Waals surface area contributed by atoms with Gasteiger partial charge in [-0.05, 0) is 37.5 Å². The number of fused-ring (bicyclic) bond motifs is 1. The van der Waals surface area contributed by atoms with Crippen LogP contribution >= 0.6 is 0 Å². The van der Waals surface area contributed by atoms with E-state index in [1.54, 1.807) is 13.0 Å². The van der Waals surface area contributed by atoms with Gasteiger partial charge in [-0.3, -0.25) is 19.3 Å². The molecule has 0 spiro atoms. The lowest BCUT2D eigenvalue weighted by molar-refractivity contribution is -0.138. The van der Waals surface area contributed by atoms with Crippen molar-refractivity contribution in [1.29, 1.82) is 0 Å². The third kappa shape index (κ3) is 9.14. The van der Waals surface area contributed by atoms with E-state index in [0.29, 0.717) is 48.0 Å². The number of H-pyrrole nitrogens is 1. The Morgan fingerprint density at radius 3 is 2.41 bits per heavy atom. The Hall–Kier alpha value is -5.23. The normalized spacial score (nSPS) is 11.7. The number of aliphatic carboxylic acids is 1. The summed E-state index contributed by atoms with van der Waals surface area (Å²) in [5.74, 6) is -4.63. The minimum Gasteiger partial charge on any atom is -0.480 e. The molecule has 246 valence electrons. The monoisotopic (exact) mass is 661 g/mol. The standard InChI is InChI=1S/C22H19F2N5O4S.C6H14N4O2/c1-3-6-34(31,32)29-17-5-4-16(23)18(19(17)24)20(30)15-11-26-21-14(15)7-12(8-25-21)13-9-27-22(33-2)28-10-13;7-4(5(11)12)2-1-3-10-6(8)9/h4-5,7-11,29H,3,6H2,1-2H3,(H,25,26);4H,1-3,7H2,(H,11,12)(H4,8,9,10)/t;4-/m.0/s1. The van der Waals surface area contributed by atoms with Gasteiger partial charge in [-0.15, -0.1) is 0 Å². The molecule has 0 radical (unpaired) electrons. The summed E-state index contributed by atoms with van der Waals surface area (Å²) >= 11 is 0. The fraction of sp³-hybridized carbons (Fsp3) is 0.286. The van der Waals surface area contributed by atoms with Gasteiger partial charge in [0.05, 0.1) is 24.1 Å². The number of guanidine groups is 1.